The molecule has 2 rings (SSSR count). The highest BCUT2D eigenvalue weighted by molar-refractivity contribution is 7.92. The first-order valence-electron chi connectivity index (χ1n) is 6.22. The van der Waals surface area contributed by atoms with Gasteiger partial charge in [0.15, 0.2) is 5.82 Å². The van der Waals surface area contributed by atoms with Crippen LogP contribution in [0.4, 0.5) is 5.82 Å². The first-order chi connectivity index (χ1) is 9.27. The minimum Gasteiger partial charge on any atom is -0.274 e. The van der Waals surface area contributed by atoms with Gasteiger partial charge in [0, 0.05) is 19.4 Å². The third-order valence-corrected chi connectivity index (χ3v) is 4.21. The number of anilines is 1. The summed E-state index contributed by atoms with van der Waals surface area (Å²) >= 11 is 0. The number of nitrogens with zero attached hydrogens (tertiary/aromatic N) is 3. The zero-order chi connectivity index (χ0) is 15.1. The molecular weight excluding hydrogens is 278 g/mol. The average molecular weight is 295 g/mol. The van der Waals surface area contributed by atoms with E-state index in [1.807, 2.05) is 19.1 Å². The van der Waals surface area contributed by atoms with Crippen LogP contribution in [-0.4, -0.2) is 30.4 Å². The second kappa shape index (κ2) is 4.90. The number of carbonyl (C=O) groups is 1. The molecule has 0 atom stereocenters. The molecule has 1 heterocycles. The Labute approximate surface area is 118 Å². The number of rotatable bonds is 3. The second-order valence-electron chi connectivity index (χ2n) is 4.66. The second-order valence-corrected chi connectivity index (χ2v) is 6.49. The van der Waals surface area contributed by atoms with Crippen LogP contribution < -0.4 is 4.31 Å². The number of hydrogen-bond acceptors (Lipinski definition) is 4. The lowest BCUT2D eigenvalue weighted by atomic mass is 10.1. The van der Waals surface area contributed by atoms with Crippen LogP contribution in [-0.2, 0) is 28.3 Å². The van der Waals surface area contributed by atoms with Crippen molar-refractivity contribution in [3.63, 3.8) is 0 Å². The molecule has 0 aliphatic carbocycles. The molecule has 1 amide bonds. The lowest BCUT2D eigenvalue weighted by Gasteiger charge is -2.15. The van der Waals surface area contributed by atoms with Gasteiger partial charge in [-0.2, -0.15) is 9.40 Å². The summed E-state index contributed by atoms with van der Waals surface area (Å²) in [7, 11) is -1.97. The summed E-state index contributed by atoms with van der Waals surface area (Å²) in [5.41, 5.74) is 1.90. The Morgan fingerprint density at radius 1 is 1.40 bits per heavy atom. The minimum atomic E-state index is -3.71. The largest absolute Gasteiger partial charge is 0.274 e. The summed E-state index contributed by atoms with van der Waals surface area (Å²) in [6, 6.07) is 5.58. The first-order valence-corrected chi connectivity index (χ1v) is 8.07. The molecule has 108 valence electrons. The minimum absolute atomic E-state index is 0.160. The quantitative estimate of drug-likeness (QED) is 0.859. The van der Waals surface area contributed by atoms with Gasteiger partial charge in [-0.05, 0) is 18.1 Å². The summed E-state index contributed by atoms with van der Waals surface area (Å²) in [5.74, 6) is -0.415. The average Bonchev–Trinajstić information content (AvgIpc) is 2.65. The van der Waals surface area contributed by atoms with Crippen molar-refractivity contribution in [3.8, 4) is 0 Å². The van der Waals surface area contributed by atoms with Gasteiger partial charge in [0.05, 0.1) is 11.8 Å². The molecule has 2 aromatic rings. The van der Waals surface area contributed by atoms with Crippen molar-refractivity contribution in [1.29, 1.82) is 0 Å². The number of aromatic nitrogens is 2. The molecule has 0 saturated heterocycles. The fourth-order valence-corrected chi connectivity index (χ4v) is 3.29. The third-order valence-electron chi connectivity index (χ3n) is 3.12. The third kappa shape index (κ3) is 2.29. The summed E-state index contributed by atoms with van der Waals surface area (Å²) in [4.78, 5) is 11.7. The van der Waals surface area contributed by atoms with E-state index < -0.39 is 15.9 Å². The molecule has 0 bridgehead atoms. The number of sulfonamides is 1. The summed E-state index contributed by atoms with van der Waals surface area (Å²) in [5, 5.41) is 4.89. The van der Waals surface area contributed by atoms with Crippen molar-refractivity contribution >= 4 is 32.7 Å². The van der Waals surface area contributed by atoms with E-state index >= 15 is 0 Å². The highest BCUT2D eigenvalue weighted by Gasteiger charge is 2.27. The lowest BCUT2D eigenvalue weighted by Crippen LogP contribution is -2.34. The Bertz CT molecular complexity index is 778. The van der Waals surface area contributed by atoms with Crippen molar-refractivity contribution in [2.45, 2.75) is 20.3 Å². The number of benzene rings is 1. The van der Waals surface area contributed by atoms with E-state index in [1.54, 1.807) is 17.8 Å². The van der Waals surface area contributed by atoms with Gasteiger partial charge in [-0.25, -0.2) is 8.42 Å². The Hall–Kier alpha value is -1.89. The first kappa shape index (κ1) is 14.5. The molecule has 0 radical (unpaired) electrons. The topological polar surface area (TPSA) is 72.3 Å². The molecule has 1 aromatic heterocycles. The van der Waals surface area contributed by atoms with Gasteiger partial charge in [-0.15, -0.1) is 0 Å². The van der Waals surface area contributed by atoms with Crippen LogP contribution in [0.15, 0.2) is 18.2 Å². The van der Waals surface area contributed by atoms with Crippen LogP contribution in [0.5, 0.6) is 0 Å². The van der Waals surface area contributed by atoms with Crippen molar-refractivity contribution in [1.82, 2.24) is 9.78 Å². The molecule has 0 unspecified atom stereocenters. The maximum absolute atomic E-state index is 11.8. The van der Waals surface area contributed by atoms with E-state index in [9.17, 15) is 13.2 Å². The van der Waals surface area contributed by atoms with Crippen molar-refractivity contribution < 1.29 is 13.2 Å². The summed E-state index contributed by atoms with van der Waals surface area (Å²) < 4.78 is 26.0. The van der Waals surface area contributed by atoms with Gasteiger partial charge >= 0.3 is 0 Å². The number of hydrogen-bond donors (Lipinski definition) is 0. The molecule has 0 saturated carbocycles. The van der Waals surface area contributed by atoms with Crippen LogP contribution in [0.3, 0.4) is 0 Å². The van der Waals surface area contributed by atoms with Crippen molar-refractivity contribution in [2.75, 3.05) is 10.6 Å². The Balaban J connectivity index is 2.82. The number of carbonyl (C=O) groups excluding carboxylic acids is 1. The number of amides is 1. The Morgan fingerprint density at radius 3 is 2.55 bits per heavy atom. The maximum Gasteiger partial charge on any atom is 0.240 e. The van der Waals surface area contributed by atoms with E-state index in [2.05, 4.69) is 5.10 Å². The van der Waals surface area contributed by atoms with Crippen LogP contribution in [0.2, 0.25) is 0 Å². The van der Waals surface area contributed by atoms with Gasteiger partial charge < -0.3 is 0 Å². The molecule has 6 nitrogen and oxygen atoms in total. The molecule has 7 heteroatoms. The van der Waals surface area contributed by atoms with E-state index in [-0.39, 0.29) is 5.82 Å². The molecule has 0 aliphatic heterocycles. The monoisotopic (exact) mass is 295 g/mol. The van der Waals surface area contributed by atoms with E-state index in [1.165, 1.54) is 6.92 Å². The Kier molecular flexibility index (Phi) is 3.56. The smallest absolute Gasteiger partial charge is 0.240 e. The number of fused-ring (bicyclic) bond motifs is 1. The van der Waals surface area contributed by atoms with Gasteiger partial charge in [-0.1, -0.05) is 19.1 Å². The predicted octanol–water partition coefficient (Wildman–Crippen LogP) is 1.45. The van der Waals surface area contributed by atoms with Crippen LogP contribution in [0.25, 0.3) is 10.9 Å². The molecule has 0 aliphatic rings. The summed E-state index contributed by atoms with van der Waals surface area (Å²) in [6.07, 6.45) is 1.80. The molecular formula is C13H17N3O3S. The van der Waals surface area contributed by atoms with Crippen LogP contribution in [0.1, 0.15) is 19.4 Å². The predicted molar refractivity (Wildman–Crippen MR) is 78.1 cm³/mol. The maximum atomic E-state index is 11.8. The summed E-state index contributed by atoms with van der Waals surface area (Å²) in [6.45, 7) is 3.23. The van der Waals surface area contributed by atoms with E-state index in [0.717, 1.165) is 28.1 Å². The zero-order valence-corrected chi connectivity index (χ0v) is 12.7. The van der Waals surface area contributed by atoms with Crippen molar-refractivity contribution in [3.05, 3.63) is 23.8 Å². The van der Waals surface area contributed by atoms with Gasteiger partial charge in [0.25, 0.3) is 0 Å². The normalized spacial score (nSPS) is 11.8. The molecule has 0 fully saturated rings. The fourth-order valence-electron chi connectivity index (χ4n) is 2.37. The highest BCUT2D eigenvalue weighted by atomic mass is 32.2. The highest BCUT2D eigenvalue weighted by Crippen LogP contribution is 2.29. The molecule has 0 spiro atoms. The molecule has 1 aromatic carbocycles. The lowest BCUT2D eigenvalue weighted by molar-refractivity contribution is -0.115. The SMILES string of the molecule is CCc1cccc2c(N(C(C)=O)S(C)(=O)=O)nn(C)c12. The van der Waals surface area contributed by atoms with Gasteiger partial charge in [-0.3, -0.25) is 9.48 Å². The van der Waals surface area contributed by atoms with Gasteiger partial charge in [0.2, 0.25) is 15.9 Å². The Morgan fingerprint density at radius 2 is 2.05 bits per heavy atom. The standard InChI is InChI=1S/C13H17N3O3S/c1-5-10-7-6-8-11-12(10)15(3)14-13(11)16(9(2)17)20(4,18)19/h6-8H,5H2,1-4H3. The van der Waals surface area contributed by atoms with Gasteiger partial charge in [0.1, 0.15) is 0 Å². The van der Waals surface area contributed by atoms with E-state index in [0.29, 0.717) is 5.39 Å². The van der Waals surface area contributed by atoms with E-state index in [4.69, 9.17) is 0 Å². The molecule has 20 heavy (non-hydrogen) atoms. The van der Waals surface area contributed by atoms with Crippen molar-refractivity contribution in [2.24, 2.45) is 7.05 Å². The van der Waals surface area contributed by atoms with Crippen LogP contribution in [0, 0.1) is 0 Å². The molecule has 0 N–H and O–H groups in total. The number of para-hydroxylation sites is 1. The number of aryl methyl sites for hydroxylation is 2. The van der Waals surface area contributed by atoms with Crippen LogP contribution >= 0.6 is 0 Å². The fraction of sp³-hybridized carbons (Fsp3) is 0.385. The zero-order valence-electron chi connectivity index (χ0n) is 11.9.